The summed E-state index contributed by atoms with van der Waals surface area (Å²) in [6.45, 7) is 1.07. The summed E-state index contributed by atoms with van der Waals surface area (Å²) in [5, 5.41) is 3.17. The van der Waals surface area contributed by atoms with Crippen molar-refractivity contribution in [2.75, 3.05) is 13.6 Å². The largest absolute Gasteiger partial charge is 0.334 e. The summed E-state index contributed by atoms with van der Waals surface area (Å²) in [4.78, 5) is 4.14. The maximum atomic E-state index is 4.14. The van der Waals surface area contributed by atoms with Gasteiger partial charge in [0.05, 0.1) is 18.2 Å². The van der Waals surface area contributed by atoms with E-state index in [1.165, 1.54) is 17.5 Å². The Kier molecular flexibility index (Phi) is 3.94. The van der Waals surface area contributed by atoms with Gasteiger partial charge in [0.25, 0.3) is 0 Å². The van der Waals surface area contributed by atoms with E-state index in [0.717, 1.165) is 18.7 Å². The molecular weight excluding hydrogens is 210 g/mol. The number of hydrogen-bond acceptors (Lipinski definition) is 2. The Morgan fingerprint density at radius 2 is 2.00 bits per heavy atom. The van der Waals surface area contributed by atoms with E-state index in [1.54, 1.807) is 0 Å². The second-order valence-corrected chi connectivity index (χ2v) is 4.29. The minimum absolute atomic E-state index is 1.07. The van der Waals surface area contributed by atoms with Crippen molar-refractivity contribution in [2.24, 2.45) is 7.05 Å². The minimum Gasteiger partial charge on any atom is -0.334 e. The minimum atomic E-state index is 1.07. The van der Waals surface area contributed by atoms with Gasteiger partial charge in [0.15, 0.2) is 0 Å². The van der Waals surface area contributed by atoms with Crippen LogP contribution >= 0.6 is 0 Å². The molecule has 0 radical (unpaired) electrons. The first-order chi connectivity index (χ1) is 8.31. The Bertz CT molecular complexity index is 457. The van der Waals surface area contributed by atoms with Gasteiger partial charge in [-0.2, -0.15) is 0 Å². The van der Waals surface area contributed by atoms with Crippen LogP contribution in [0.1, 0.15) is 12.0 Å². The molecule has 0 unspecified atom stereocenters. The van der Waals surface area contributed by atoms with Crippen molar-refractivity contribution in [1.82, 2.24) is 14.9 Å². The predicted molar refractivity (Wildman–Crippen MR) is 70.9 cm³/mol. The van der Waals surface area contributed by atoms with E-state index in [1.807, 2.05) is 31.2 Å². The van der Waals surface area contributed by atoms with Crippen LogP contribution in [0.25, 0.3) is 11.3 Å². The van der Waals surface area contributed by atoms with Gasteiger partial charge < -0.3 is 9.88 Å². The Balaban J connectivity index is 2.06. The van der Waals surface area contributed by atoms with E-state index in [2.05, 4.69) is 34.6 Å². The van der Waals surface area contributed by atoms with E-state index in [4.69, 9.17) is 0 Å². The highest BCUT2D eigenvalue weighted by Gasteiger charge is 2.01. The highest BCUT2D eigenvalue weighted by Crippen LogP contribution is 2.18. The molecule has 0 aliphatic carbocycles. The second-order valence-electron chi connectivity index (χ2n) is 4.29. The predicted octanol–water partition coefficient (Wildman–Crippen LogP) is 2.24. The van der Waals surface area contributed by atoms with Crippen molar-refractivity contribution >= 4 is 0 Å². The number of hydrogen-bond donors (Lipinski definition) is 1. The van der Waals surface area contributed by atoms with Crippen LogP contribution < -0.4 is 5.32 Å². The zero-order chi connectivity index (χ0) is 12.1. The molecule has 0 saturated carbocycles. The summed E-state index contributed by atoms with van der Waals surface area (Å²) < 4.78 is 2.04. The Hall–Kier alpha value is -1.61. The molecule has 1 aromatic carbocycles. The Morgan fingerprint density at radius 3 is 2.59 bits per heavy atom. The quantitative estimate of drug-likeness (QED) is 0.797. The molecule has 1 heterocycles. The van der Waals surface area contributed by atoms with Crippen molar-refractivity contribution in [3.63, 3.8) is 0 Å². The van der Waals surface area contributed by atoms with E-state index in [0.29, 0.717) is 0 Å². The fourth-order valence-corrected chi connectivity index (χ4v) is 1.95. The molecule has 0 fully saturated rings. The lowest BCUT2D eigenvalue weighted by Gasteiger charge is -2.05. The van der Waals surface area contributed by atoms with Crippen LogP contribution in [-0.2, 0) is 13.5 Å². The maximum Gasteiger partial charge on any atom is 0.0948 e. The first-order valence-corrected chi connectivity index (χ1v) is 6.01. The molecule has 1 aromatic heterocycles. The Morgan fingerprint density at radius 1 is 1.24 bits per heavy atom. The number of nitrogens with one attached hydrogen (secondary N) is 1. The van der Waals surface area contributed by atoms with Crippen LogP contribution in [0.5, 0.6) is 0 Å². The number of nitrogens with zero attached hydrogens (tertiary/aromatic N) is 2. The fraction of sp³-hybridized carbons (Fsp3) is 0.357. The average Bonchev–Trinajstić information content (AvgIpc) is 2.77. The van der Waals surface area contributed by atoms with Gasteiger partial charge >= 0.3 is 0 Å². The van der Waals surface area contributed by atoms with E-state index >= 15 is 0 Å². The second kappa shape index (κ2) is 5.64. The highest BCUT2D eigenvalue weighted by molar-refractivity contribution is 5.59. The Labute approximate surface area is 103 Å². The zero-order valence-corrected chi connectivity index (χ0v) is 10.5. The van der Waals surface area contributed by atoms with Crippen molar-refractivity contribution in [3.05, 3.63) is 42.4 Å². The number of aryl methyl sites for hydroxylation is 2. The molecule has 0 atom stereocenters. The lowest BCUT2D eigenvalue weighted by atomic mass is 10.1. The molecule has 3 heteroatoms. The summed E-state index contributed by atoms with van der Waals surface area (Å²) in [7, 11) is 4.01. The molecule has 0 bridgehead atoms. The number of rotatable bonds is 5. The van der Waals surface area contributed by atoms with Gasteiger partial charge in [-0.05, 0) is 37.6 Å². The third-order valence-corrected chi connectivity index (χ3v) is 2.96. The summed E-state index contributed by atoms with van der Waals surface area (Å²) in [5.41, 5.74) is 3.78. The van der Waals surface area contributed by atoms with Gasteiger partial charge in [0, 0.05) is 7.05 Å². The molecule has 0 aliphatic heterocycles. The first kappa shape index (κ1) is 11.9. The smallest absolute Gasteiger partial charge is 0.0948 e. The normalized spacial score (nSPS) is 10.7. The molecule has 3 nitrogen and oxygen atoms in total. The first-order valence-electron chi connectivity index (χ1n) is 6.01. The SMILES string of the molecule is CNCCCc1ccc(-c2cncn2C)cc1. The third kappa shape index (κ3) is 2.94. The van der Waals surface area contributed by atoms with Crippen LogP contribution in [0.15, 0.2) is 36.8 Å². The lowest BCUT2D eigenvalue weighted by Crippen LogP contribution is -2.08. The molecule has 2 rings (SSSR count). The van der Waals surface area contributed by atoms with Gasteiger partial charge in [-0.1, -0.05) is 24.3 Å². The average molecular weight is 229 g/mol. The van der Waals surface area contributed by atoms with Gasteiger partial charge in [-0.15, -0.1) is 0 Å². The number of aromatic nitrogens is 2. The summed E-state index contributed by atoms with van der Waals surface area (Å²) in [5.74, 6) is 0. The van der Waals surface area contributed by atoms with E-state index in [-0.39, 0.29) is 0 Å². The lowest BCUT2D eigenvalue weighted by molar-refractivity contribution is 0.725. The van der Waals surface area contributed by atoms with Crippen molar-refractivity contribution in [2.45, 2.75) is 12.8 Å². The van der Waals surface area contributed by atoms with E-state index in [9.17, 15) is 0 Å². The summed E-state index contributed by atoms with van der Waals surface area (Å²) in [6, 6.07) is 8.76. The maximum absolute atomic E-state index is 4.14. The molecule has 0 spiro atoms. The fourth-order valence-electron chi connectivity index (χ4n) is 1.95. The van der Waals surface area contributed by atoms with Gasteiger partial charge in [0.1, 0.15) is 0 Å². The summed E-state index contributed by atoms with van der Waals surface area (Å²) in [6.07, 6.45) is 6.04. The van der Waals surface area contributed by atoms with Crippen LogP contribution in [0.3, 0.4) is 0 Å². The molecule has 0 aliphatic rings. The third-order valence-electron chi connectivity index (χ3n) is 2.96. The van der Waals surface area contributed by atoms with Crippen LogP contribution in [0.4, 0.5) is 0 Å². The van der Waals surface area contributed by atoms with Crippen LogP contribution in [0.2, 0.25) is 0 Å². The number of imidazole rings is 1. The van der Waals surface area contributed by atoms with Crippen LogP contribution in [-0.4, -0.2) is 23.1 Å². The molecule has 1 N–H and O–H groups in total. The zero-order valence-electron chi connectivity index (χ0n) is 10.5. The van der Waals surface area contributed by atoms with Gasteiger partial charge in [-0.25, -0.2) is 4.98 Å². The van der Waals surface area contributed by atoms with Crippen molar-refractivity contribution < 1.29 is 0 Å². The molecule has 2 aromatic rings. The van der Waals surface area contributed by atoms with Crippen molar-refractivity contribution in [1.29, 1.82) is 0 Å². The molecule has 90 valence electrons. The highest BCUT2D eigenvalue weighted by atomic mass is 15.0. The summed E-state index contributed by atoms with van der Waals surface area (Å²) >= 11 is 0. The topological polar surface area (TPSA) is 29.9 Å². The van der Waals surface area contributed by atoms with Gasteiger partial charge in [0.2, 0.25) is 0 Å². The monoisotopic (exact) mass is 229 g/mol. The molecule has 0 saturated heterocycles. The molecule has 0 amide bonds. The standard InChI is InChI=1S/C14H19N3/c1-15-9-3-4-12-5-7-13(8-6-12)14-10-16-11-17(14)2/h5-8,10-11,15H,3-4,9H2,1-2H3. The molecule has 17 heavy (non-hydrogen) atoms. The van der Waals surface area contributed by atoms with Crippen molar-refractivity contribution in [3.8, 4) is 11.3 Å². The molecular formula is C14H19N3. The number of benzene rings is 1. The van der Waals surface area contributed by atoms with Crippen LogP contribution in [0, 0.1) is 0 Å². The van der Waals surface area contributed by atoms with E-state index < -0.39 is 0 Å². The van der Waals surface area contributed by atoms with Gasteiger partial charge in [-0.3, -0.25) is 0 Å².